The molecule has 3 heterocycles. The zero-order valence-electron chi connectivity index (χ0n) is 11.9. The third-order valence-electron chi connectivity index (χ3n) is 3.60. The molecule has 1 amide bonds. The van der Waals surface area contributed by atoms with Crippen molar-refractivity contribution < 1.29 is 9.53 Å². The van der Waals surface area contributed by atoms with E-state index in [2.05, 4.69) is 20.5 Å². The van der Waals surface area contributed by atoms with E-state index in [-0.39, 0.29) is 11.8 Å². The number of hydrogen-bond acceptors (Lipinski definition) is 6. The SMILES string of the molecule is COCC1CN(C(=O)c2ccnnc2)Cc2nnn(C)c21. The molecule has 21 heavy (non-hydrogen) atoms. The van der Waals surface area contributed by atoms with Gasteiger partial charge < -0.3 is 9.64 Å². The van der Waals surface area contributed by atoms with Crippen LogP contribution in [0.1, 0.15) is 27.7 Å². The van der Waals surface area contributed by atoms with Crippen LogP contribution in [0.4, 0.5) is 0 Å². The van der Waals surface area contributed by atoms with Crippen LogP contribution in [0.3, 0.4) is 0 Å². The molecule has 0 spiro atoms. The van der Waals surface area contributed by atoms with Crippen LogP contribution in [0, 0.1) is 0 Å². The smallest absolute Gasteiger partial charge is 0.255 e. The van der Waals surface area contributed by atoms with Gasteiger partial charge in [0.2, 0.25) is 0 Å². The largest absolute Gasteiger partial charge is 0.384 e. The van der Waals surface area contributed by atoms with E-state index in [1.165, 1.54) is 12.4 Å². The van der Waals surface area contributed by atoms with Gasteiger partial charge in [-0.15, -0.1) is 5.10 Å². The Bertz CT molecular complexity index is 641. The highest BCUT2D eigenvalue weighted by Crippen LogP contribution is 2.27. The first kappa shape index (κ1) is 13.6. The van der Waals surface area contributed by atoms with Crippen LogP contribution in [-0.4, -0.2) is 56.3 Å². The van der Waals surface area contributed by atoms with E-state index in [1.807, 2.05) is 7.05 Å². The molecule has 0 saturated heterocycles. The average Bonchev–Trinajstić information content (AvgIpc) is 2.89. The highest BCUT2D eigenvalue weighted by Gasteiger charge is 2.32. The Morgan fingerprint density at radius 3 is 3.05 bits per heavy atom. The second kappa shape index (κ2) is 5.57. The van der Waals surface area contributed by atoms with E-state index in [4.69, 9.17) is 4.74 Å². The fraction of sp³-hybridized carbons (Fsp3) is 0.462. The van der Waals surface area contributed by atoms with Crippen LogP contribution in [0.2, 0.25) is 0 Å². The summed E-state index contributed by atoms with van der Waals surface area (Å²) in [7, 11) is 3.51. The summed E-state index contributed by atoms with van der Waals surface area (Å²) in [5, 5.41) is 15.6. The third kappa shape index (κ3) is 2.49. The number of aryl methyl sites for hydroxylation is 1. The number of carbonyl (C=O) groups is 1. The van der Waals surface area contributed by atoms with Crippen LogP contribution >= 0.6 is 0 Å². The molecule has 0 fully saturated rings. The summed E-state index contributed by atoms with van der Waals surface area (Å²) in [5.41, 5.74) is 2.38. The highest BCUT2D eigenvalue weighted by atomic mass is 16.5. The Kier molecular flexibility index (Phi) is 3.61. The second-order valence-corrected chi connectivity index (χ2v) is 5.01. The molecule has 2 aromatic rings. The van der Waals surface area contributed by atoms with Gasteiger partial charge in [0.1, 0.15) is 5.69 Å². The van der Waals surface area contributed by atoms with Gasteiger partial charge in [0.15, 0.2) is 0 Å². The fourth-order valence-corrected chi connectivity index (χ4v) is 2.70. The summed E-state index contributed by atoms with van der Waals surface area (Å²) >= 11 is 0. The molecule has 1 aliphatic heterocycles. The molecule has 8 nitrogen and oxygen atoms in total. The van der Waals surface area contributed by atoms with E-state index < -0.39 is 0 Å². The molecule has 0 N–H and O–H groups in total. The molecule has 2 aromatic heterocycles. The van der Waals surface area contributed by atoms with Crippen LogP contribution in [0.25, 0.3) is 0 Å². The minimum atomic E-state index is -0.0812. The van der Waals surface area contributed by atoms with Gasteiger partial charge in [-0.25, -0.2) is 0 Å². The number of methoxy groups -OCH3 is 1. The van der Waals surface area contributed by atoms with E-state index >= 15 is 0 Å². The van der Waals surface area contributed by atoms with Crippen LogP contribution in [0.5, 0.6) is 0 Å². The van der Waals surface area contributed by atoms with Gasteiger partial charge in [0, 0.05) is 26.6 Å². The van der Waals surface area contributed by atoms with Crippen LogP contribution < -0.4 is 0 Å². The van der Waals surface area contributed by atoms with E-state index in [0.29, 0.717) is 25.3 Å². The number of rotatable bonds is 3. The van der Waals surface area contributed by atoms with Crippen molar-refractivity contribution in [2.75, 3.05) is 20.3 Å². The Labute approximate surface area is 121 Å². The number of nitrogens with zero attached hydrogens (tertiary/aromatic N) is 6. The minimum absolute atomic E-state index is 0.0671. The zero-order chi connectivity index (χ0) is 14.8. The first-order valence-corrected chi connectivity index (χ1v) is 6.64. The fourth-order valence-electron chi connectivity index (χ4n) is 2.70. The van der Waals surface area contributed by atoms with Crippen LogP contribution in [0.15, 0.2) is 18.5 Å². The molecule has 3 rings (SSSR count). The lowest BCUT2D eigenvalue weighted by Crippen LogP contribution is -2.40. The predicted octanol–water partition coefficient (Wildman–Crippen LogP) is -0.00890. The summed E-state index contributed by atoms with van der Waals surface area (Å²) < 4.78 is 7.03. The first-order chi connectivity index (χ1) is 10.2. The van der Waals surface area contributed by atoms with Crippen molar-refractivity contribution in [3.05, 3.63) is 35.4 Å². The Morgan fingerprint density at radius 2 is 2.33 bits per heavy atom. The highest BCUT2D eigenvalue weighted by molar-refractivity contribution is 5.93. The predicted molar refractivity (Wildman–Crippen MR) is 72.4 cm³/mol. The van der Waals surface area contributed by atoms with Gasteiger partial charge >= 0.3 is 0 Å². The summed E-state index contributed by atoms with van der Waals surface area (Å²) in [5.74, 6) is -0.0141. The lowest BCUT2D eigenvalue weighted by Gasteiger charge is -2.31. The zero-order valence-corrected chi connectivity index (χ0v) is 11.9. The van der Waals surface area contributed by atoms with Gasteiger partial charge in [-0.1, -0.05) is 5.21 Å². The van der Waals surface area contributed by atoms with Crippen molar-refractivity contribution in [2.45, 2.75) is 12.5 Å². The number of aromatic nitrogens is 5. The minimum Gasteiger partial charge on any atom is -0.384 e. The number of carbonyl (C=O) groups excluding carboxylic acids is 1. The number of ether oxygens (including phenoxy) is 1. The van der Waals surface area contributed by atoms with Gasteiger partial charge in [0.05, 0.1) is 36.8 Å². The summed E-state index contributed by atoms with van der Waals surface area (Å²) in [6, 6.07) is 1.66. The molecule has 110 valence electrons. The molecule has 0 bridgehead atoms. The third-order valence-corrected chi connectivity index (χ3v) is 3.60. The molecule has 1 aliphatic rings. The number of amides is 1. The summed E-state index contributed by atoms with van der Waals surface area (Å²) in [6.07, 6.45) is 2.98. The van der Waals surface area contributed by atoms with Gasteiger partial charge in [-0.05, 0) is 6.07 Å². The Morgan fingerprint density at radius 1 is 1.48 bits per heavy atom. The summed E-state index contributed by atoms with van der Waals surface area (Å²) in [6.45, 7) is 1.54. The van der Waals surface area contributed by atoms with Crippen molar-refractivity contribution in [1.29, 1.82) is 0 Å². The standard InChI is InChI=1S/C13H16N6O2/c1-18-12-10(8-21-2)6-19(7-11(12)16-17-18)13(20)9-3-4-14-15-5-9/h3-5,10H,6-8H2,1-2H3. The molecular weight excluding hydrogens is 272 g/mol. The summed E-state index contributed by atoms with van der Waals surface area (Å²) in [4.78, 5) is 14.3. The maximum atomic E-state index is 12.5. The first-order valence-electron chi connectivity index (χ1n) is 6.64. The van der Waals surface area contributed by atoms with Crippen LogP contribution in [-0.2, 0) is 18.3 Å². The number of hydrogen-bond donors (Lipinski definition) is 0. The molecule has 0 aliphatic carbocycles. The average molecular weight is 288 g/mol. The maximum absolute atomic E-state index is 12.5. The molecule has 8 heteroatoms. The quantitative estimate of drug-likeness (QED) is 0.789. The van der Waals surface area contributed by atoms with Gasteiger partial charge in [-0.2, -0.15) is 10.2 Å². The molecule has 0 saturated carbocycles. The lowest BCUT2D eigenvalue weighted by atomic mass is 9.98. The molecule has 1 unspecified atom stereocenters. The Balaban J connectivity index is 1.88. The van der Waals surface area contributed by atoms with Crippen molar-refractivity contribution in [1.82, 2.24) is 30.1 Å². The lowest BCUT2D eigenvalue weighted by molar-refractivity contribution is 0.0672. The maximum Gasteiger partial charge on any atom is 0.255 e. The van der Waals surface area contributed by atoms with Crippen molar-refractivity contribution in [3.63, 3.8) is 0 Å². The molecule has 0 radical (unpaired) electrons. The normalized spacial score (nSPS) is 17.6. The van der Waals surface area contributed by atoms with Crippen molar-refractivity contribution in [3.8, 4) is 0 Å². The molecule has 1 atom stereocenters. The Hall–Kier alpha value is -2.35. The topological polar surface area (TPSA) is 86.0 Å². The van der Waals surface area contributed by atoms with Crippen molar-refractivity contribution >= 4 is 5.91 Å². The molecule has 0 aromatic carbocycles. The van der Waals surface area contributed by atoms with Gasteiger partial charge in [0.25, 0.3) is 5.91 Å². The van der Waals surface area contributed by atoms with E-state index in [1.54, 1.807) is 22.8 Å². The van der Waals surface area contributed by atoms with E-state index in [0.717, 1.165) is 11.4 Å². The second-order valence-electron chi connectivity index (χ2n) is 5.01. The van der Waals surface area contributed by atoms with E-state index in [9.17, 15) is 4.79 Å². The monoisotopic (exact) mass is 288 g/mol. The van der Waals surface area contributed by atoms with Gasteiger partial charge in [-0.3, -0.25) is 9.48 Å². The van der Waals surface area contributed by atoms with Crippen molar-refractivity contribution in [2.24, 2.45) is 7.05 Å². The molecular formula is C13H16N6O2. The number of fused-ring (bicyclic) bond motifs is 1.